The number of amides is 1. The molecular weight excluding hydrogens is 352 g/mol. The van der Waals surface area contributed by atoms with Gasteiger partial charge in [-0.25, -0.2) is 8.78 Å². The highest BCUT2D eigenvalue weighted by Gasteiger charge is 2.45. The van der Waals surface area contributed by atoms with Gasteiger partial charge in [-0.05, 0) is 23.6 Å². The zero-order valence-electron chi connectivity index (χ0n) is 14.9. The lowest BCUT2D eigenvalue weighted by atomic mass is 9.92. The SMILES string of the molecule is CC(C)CC(=O)C1=C(O)C(=O)N(c2cc(F)ccc2F)C1c1ccccc1. The number of ketones is 1. The van der Waals surface area contributed by atoms with E-state index in [9.17, 15) is 23.5 Å². The molecule has 0 aliphatic carbocycles. The summed E-state index contributed by atoms with van der Waals surface area (Å²) in [5.41, 5.74) is 0.0991. The minimum absolute atomic E-state index is 0.00396. The van der Waals surface area contributed by atoms with Gasteiger partial charge in [0.25, 0.3) is 5.91 Å². The molecule has 3 rings (SSSR count). The average molecular weight is 371 g/mol. The summed E-state index contributed by atoms with van der Waals surface area (Å²) < 4.78 is 28.1. The van der Waals surface area contributed by atoms with Crippen LogP contribution in [0.1, 0.15) is 31.9 Å². The number of nitrogens with zero attached hydrogens (tertiary/aromatic N) is 1. The summed E-state index contributed by atoms with van der Waals surface area (Å²) in [7, 11) is 0. The molecule has 1 atom stereocenters. The van der Waals surface area contributed by atoms with Crippen LogP contribution in [-0.2, 0) is 9.59 Å². The lowest BCUT2D eigenvalue weighted by Crippen LogP contribution is -2.32. The van der Waals surface area contributed by atoms with E-state index in [4.69, 9.17) is 0 Å². The summed E-state index contributed by atoms with van der Waals surface area (Å²) in [5, 5.41) is 10.4. The van der Waals surface area contributed by atoms with Crippen molar-refractivity contribution in [2.75, 3.05) is 4.90 Å². The molecule has 0 bridgehead atoms. The molecule has 0 aromatic heterocycles. The Kier molecular flexibility index (Phi) is 5.08. The van der Waals surface area contributed by atoms with Crippen LogP contribution in [0.4, 0.5) is 14.5 Å². The predicted octanol–water partition coefficient (Wildman–Crippen LogP) is 4.48. The normalized spacial score (nSPS) is 17.1. The van der Waals surface area contributed by atoms with Gasteiger partial charge in [0.2, 0.25) is 0 Å². The molecule has 1 unspecified atom stereocenters. The Morgan fingerprint density at radius 2 is 1.81 bits per heavy atom. The van der Waals surface area contributed by atoms with E-state index in [2.05, 4.69) is 0 Å². The second-order valence-corrected chi connectivity index (χ2v) is 6.87. The molecule has 2 aromatic rings. The molecule has 140 valence electrons. The van der Waals surface area contributed by atoms with Crippen LogP contribution in [0, 0.1) is 17.6 Å². The smallest absolute Gasteiger partial charge is 0.294 e. The third-order valence-corrected chi connectivity index (χ3v) is 4.39. The Bertz CT molecular complexity index is 922. The van der Waals surface area contributed by atoms with Crippen molar-refractivity contribution < 1.29 is 23.5 Å². The lowest BCUT2D eigenvalue weighted by Gasteiger charge is -2.27. The molecule has 6 heteroatoms. The van der Waals surface area contributed by atoms with Crippen molar-refractivity contribution in [2.45, 2.75) is 26.3 Å². The Hall–Kier alpha value is -3.02. The second kappa shape index (κ2) is 7.31. The van der Waals surface area contributed by atoms with Crippen molar-refractivity contribution in [2.24, 2.45) is 5.92 Å². The Labute approximate surface area is 155 Å². The van der Waals surface area contributed by atoms with Gasteiger partial charge < -0.3 is 5.11 Å². The largest absolute Gasteiger partial charge is 0.503 e. The van der Waals surface area contributed by atoms with Crippen LogP contribution in [0.15, 0.2) is 59.9 Å². The van der Waals surface area contributed by atoms with Gasteiger partial charge in [0.05, 0.1) is 17.3 Å². The number of carbonyl (C=O) groups excluding carboxylic acids is 2. The van der Waals surface area contributed by atoms with Gasteiger partial charge in [0, 0.05) is 12.5 Å². The molecule has 1 aliphatic heterocycles. The third-order valence-electron chi connectivity index (χ3n) is 4.39. The highest BCUT2D eigenvalue weighted by molar-refractivity contribution is 6.16. The molecule has 1 N–H and O–H groups in total. The number of rotatable bonds is 5. The standard InChI is InChI=1S/C21H19F2NO3/c1-12(2)10-17(25)18-19(13-6-4-3-5-7-13)24(21(27)20(18)26)16-11-14(22)8-9-15(16)23/h3-9,11-12,19,26H,10H2,1-2H3. The first kappa shape index (κ1) is 18.8. The highest BCUT2D eigenvalue weighted by Crippen LogP contribution is 2.42. The molecule has 1 heterocycles. The summed E-state index contributed by atoms with van der Waals surface area (Å²) in [6.07, 6.45) is 0.121. The van der Waals surface area contributed by atoms with Crippen LogP contribution in [0.2, 0.25) is 0 Å². The average Bonchev–Trinajstić information content (AvgIpc) is 2.89. The number of anilines is 1. The molecule has 2 aromatic carbocycles. The molecule has 0 fully saturated rings. The van der Waals surface area contributed by atoms with Crippen LogP contribution >= 0.6 is 0 Å². The van der Waals surface area contributed by atoms with Crippen molar-refractivity contribution in [1.82, 2.24) is 0 Å². The fourth-order valence-corrected chi connectivity index (χ4v) is 3.24. The van der Waals surface area contributed by atoms with E-state index in [1.807, 2.05) is 13.8 Å². The van der Waals surface area contributed by atoms with Crippen molar-refractivity contribution in [3.63, 3.8) is 0 Å². The minimum Gasteiger partial charge on any atom is -0.503 e. The number of hydrogen-bond acceptors (Lipinski definition) is 3. The minimum atomic E-state index is -1.03. The number of halogens is 2. The van der Waals surface area contributed by atoms with Gasteiger partial charge >= 0.3 is 0 Å². The van der Waals surface area contributed by atoms with E-state index < -0.39 is 35.1 Å². The quantitative estimate of drug-likeness (QED) is 0.843. The van der Waals surface area contributed by atoms with E-state index in [0.717, 1.165) is 23.1 Å². The second-order valence-electron chi connectivity index (χ2n) is 6.87. The van der Waals surface area contributed by atoms with Crippen LogP contribution in [0.5, 0.6) is 0 Å². The van der Waals surface area contributed by atoms with Gasteiger partial charge in [0.15, 0.2) is 11.5 Å². The number of aliphatic hydroxyl groups is 1. The summed E-state index contributed by atoms with van der Waals surface area (Å²) in [6, 6.07) is 10.2. The predicted molar refractivity (Wildman–Crippen MR) is 97.1 cm³/mol. The zero-order valence-corrected chi connectivity index (χ0v) is 14.9. The van der Waals surface area contributed by atoms with Crippen molar-refractivity contribution in [1.29, 1.82) is 0 Å². The third kappa shape index (κ3) is 3.47. The summed E-state index contributed by atoms with van der Waals surface area (Å²) in [6.45, 7) is 3.68. The maximum absolute atomic E-state index is 14.4. The molecular formula is C21H19F2NO3. The maximum Gasteiger partial charge on any atom is 0.294 e. The van der Waals surface area contributed by atoms with Crippen LogP contribution in [-0.4, -0.2) is 16.8 Å². The van der Waals surface area contributed by atoms with Gasteiger partial charge in [-0.15, -0.1) is 0 Å². The summed E-state index contributed by atoms with van der Waals surface area (Å²) in [5.74, 6) is -3.60. The first-order valence-electron chi connectivity index (χ1n) is 8.61. The molecule has 4 nitrogen and oxygen atoms in total. The maximum atomic E-state index is 14.4. The van der Waals surface area contributed by atoms with Crippen LogP contribution in [0.3, 0.4) is 0 Å². The first-order chi connectivity index (χ1) is 12.8. The monoisotopic (exact) mass is 371 g/mol. The Morgan fingerprint density at radius 1 is 1.15 bits per heavy atom. The molecule has 27 heavy (non-hydrogen) atoms. The fourth-order valence-electron chi connectivity index (χ4n) is 3.24. The fraction of sp³-hybridized carbons (Fsp3) is 0.238. The number of aliphatic hydroxyl groups excluding tert-OH is 1. The number of Topliss-reactive ketones (excluding diaryl/α,β-unsaturated/α-hetero) is 1. The van der Waals surface area contributed by atoms with E-state index in [1.165, 1.54) is 0 Å². The van der Waals surface area contributed by atoms with E-state index in [1.54, 1.807) is 30.3 Å². The molecule has 1 aliphatic rings. The number of benzene rings is 2. The van der Waals surface area contributed by atoms with E-state index in [0.29, 0.717) is 5.56 Å². The summed E-state index contributed by atoms with van der Waals surface area (Å²) in [4.78, 5) is 26.4. The Morgan fingerprint density at radius 3 is 2.44 bits per heavy atom. The van der Waals surface area contributed by atoms with E-state index in [-0.39, 0.29) is 23.6 Å². The van der Waals surface area contributed by atoms with Gasteiger partial charge in [-0.1, -0.05) is 44.2 Å². The van der Waals surface area contributed by atoms with Crippen molar-refractivity contribution in [3.05, 3.63) is 77.1 Å². The molecule has 0 spiro atoms. The van der Waals surface area contributed by atoms with Crippen molar-refractivity contribution >= 4 is 17.4 Å². The van der Waals surface area contributed by atoms with Gasteiger partial charge in [-0.3, -0.25) is 14.5 Å². The molecule has 0 saturated carbocycles. The van der Waals surface area contributed by atoms with Gasteiger partial charge in [0.1, 0.15) is 11.6 Å². The number of hydrogen-bond donors (Lipinski definition) is 1. The number of carbonyl (C=O) groups is 2. The van der Waals surface area contributed by atoms with Gasteiger partial charge in [-0.2, -0.15) is 0 Å². The van der Waals surface area contributed by atoms with Crippen LogP contribution < -0.4 is 4.90 Å². The summed E-state index contributed by atoms with van der Waals surface area (Å²) >= 11 is 0. The first-order valence-corrected chi connectivity index (χ1v) is 8.61. The molecule has 0 radical (unpaired) electrons. The van der Waals surface area contributed by atoms with Crippen LogP contribution in [0.25, 0.3) is 0 Å². The van der Waals surface area contributed by atoms with Crippen molar-refractivity contribution in [3.8, 4) is 0 Å². The molecule has 1 amide bonds. The molecule has 0 saturated heterocycles. The zero-order chi connectivity index (χ0) is 19.7. The van der Waals surface area contributed by atoms with E-state index >= 15 is 0 Å². The topological polar surface area (TPSA) is 57.6 Å². The lowest BCUT2D eigenvalue weighted by molar-refractivity contribution is -0.118. The highest BCUT2D eigenvalue weighted by atomic mass is 19.1. The Balaban J connectivity index is 2.18.